The first-order valence-electron chi connectivity index (χ1n) is 7.02. The highest BCUT2D eigenvalue weighted by molar-refractivity contribution is 5.93. The largest absolute Gasteiger partial charge is 0.472 e. The van der Waals surface area contributed by atoms with E-state index in [4.69, 9.17) is 10.2 Å². The zero-order valence-electron chi connectivity index (χ0n) is 11.4. The molecule has 3 N–H and O–H groups in total. The SMILES string of the molecule is NC(=NCc1ccoc1)Nc1cccc2c1CCCC2. The van der Waals surface area contributed by atoms with Crippen LogP contribution in [0.1, 0.15) is 29.5 Å². The van der Waals surface area contributed by atoms with E-state index in [0.717, 1.165) is 24.1 Å². The summed E-state index contributed by atoms with van der Waals surface area (Å²) in [6.45, 7) is 0.532. The Kier molecular flexibility index (Phi) is 3.72. The van der Waals surface area contributed by atoms with Crippen molar-refractivity contribution < 1.29 is 4.42 Å². The second kappa shape index (κ2) is 5.82. The van der Waals surface area contributed by atoms with Crippen molar-refractivity contribution in [3.8, 4) is 0 Å². The van der Waals surface area contributed by atoms with Gasteiger partial charge in [0, 0.05) is 11.3 Å². The number of hydrogen-bond donors (Lipinski definition) is 2. The van der Waals surface area contributed by atoms with Gasteiger partial charge in [0.25, 0.3) is 0 Å². The lowest BCUT2D eigenvalue weighted by Crippen LogP contribution is -2.24. The minimum absolute atomic E-state index is 0.449. The van der Waals surface area contributed by atoms with Crippen molar-refractivity contribution in [1.82, 2.24) is 0 Å². The lowest BCUT2D eigenvalue weighted by molar-refractivity contribution is 0.564. The Labute approximate surface area is 118 Å². The number of furan rings is 1. The molecular weight excluding hydrogens is 250 g/mol. The molecule has 3 rings (SSSR count). The summed E-state index contributed by atoms with van der Waals surface area (Å²) in [5.41, 5.74) is 10.9. The molecule has 0 radical (unpaired) electrons. The van der Waals surface area contributed by atoms with Crippen LogP contribution in [0.25, 0.3) is 0 Å². The summed E-state index contributed by atoms with van der Waals surface area (Å²) in [7, 11) is 0. The molecule has 1 heterocycles. The van der Waals surface area contributed by atoms with Gasteiger partial charge in [-0.2, -0.15) is 0 Å². The van der Waals surface area contributed by atoms with Crippen molar-refractivity contribution in [2.45, 2.75) is 32.2 Å². The molecule has 1 aliphatic rings. The Balaban J connectivity index is 1.72. The molecular formula is C16H19N3O. The predicted octanol–water partition coefficient (Wildman–Crippen LogP) is 3.09. The van der Waals surface area contributed by atoms with Gasteiger partial charge in [0.2, 0.25) is 0 Å². The van der Waals surface area contributed by atoms with Gasteiger partial charge in [-0.15, -0.1) is 0 Å². The van der Waals surface area contributed by atoms with Crippen molar-refractivity contribution in [2.75, 3.05) is 5.32 Å². The summed E-state index contributed by atoms with van der Waals surface area (Å²) < 4.78 is 5.01. The van der Waals surface area contributed by atoms with Gasteiger partial charge in [-0.25, -0.2) is 4.99 Å². The average Bonchev–Trinajstić information content (AvgIpc) is 2.99. The van der Waals surface area contributed by atoms with Crippen molar-refractivity contribution in [2.24, 2.45) is 10.7 Å². The van der Waals surface area contributed by atoms with E-state index in [-0.39, 0.29) is 0 Å². The van der Waals surface area contributed by atoms with Crippen LogP contribution < -0.4 is 11.1 Å². The molecule has 0 saturated heterocycles. The number of fused-ring (bicyclic) bond motifs is 1. The second-order valence-electron chi connectivity index (χ2n) is 5.11. The van der Waals surface area contributed by atoms with Crippen LogP contribution in [0.2, 0.25) is 0 Å². The third kappa shape index (κ3) is 2.85. The Morgan fingerprint density at radius 2 is 2.15 bits per heavy atom. The zero-order valence-corrected chi connectivity index (χ0v) is 11.4. The monoisotopic (exact) mass is 269 g/mol. The maximum Gasteiger partial charge on any atom is 0.193 e. The highest BCUT2D eigenvalue weighted by Crippen LogP contribution is 2.27. The first-order valence-corrected chi connectivity index (χ1v) is 7.02. The van der Waals surface area contributed by atoms with E-state index in [2.05, 4.69) is 28.5 Å². The van der Waals surface area contributed by atoms with Crippen molar-refractivity contribution in [3.63, 3.8) is 0 Å². The van der Waals surface area contributed by atoms with E-state index in [1.54, 1.807) is 12.5 Å². The maximum atomic E-state index is 5.96. The number of anilines is 1. The molecule has 0 amide bonds. The molecule has 104 valence electrons. The Morgan fingerprint density at radius 1 is 1.25 bits per heavy atom. The van der Waals surface area contributed by atoms with Crippen LogP contribution in [-0.2, 0) is 19.4 Å². The fraction of sp³-hybridized carbons (Fsp3) is 0.312. The quantitative estimate of drug-likeness (QED) is 0.665. The number of aryl methyl sites for hydroxylation is 1. The highest BCUT2D eigenvalue weighted by atomic mass is 16.3. The van der Waals surface area contributed by atoms with Crippen LogP contribution in [0.3, 0.4) is 0 Å². The van der Waals surface area contributed by atoms with Crippen LogP contribution in [0.4, 0.5) is 5.69 Å². The molecule has 0 atom stereocenters. The molecule has 4 heteroatoms. The molecule has 4 nitrogen and oxygen atoms in total. The normalized spacial score (nSPS) is 14.9. The first kappa shape index (κ1) is 12.8. The highest BCUT2D eigenvalue weighted by Gasteiger charge is 2.12. The van der Waals surface area contributed by atoms with Crippen LogP contribution in [0.5, 0.6) is 0 Å². The molecule has 1 aliphatic carbocycles. The topological polar surface area (TPSA) is 63.5 Å². The Hall–Kier alpha value is -2.23. The molecule has 0 unspecified atom stereocenters. The lowest BCUT2D eigenvalue weighted by atomic mass is 9.90. The third-order valence-electron chi connectivity index (χ3n) is 3.67. The number of benzene rings is 1. The molecule has 0 spiro atoms. The van der Waals surface area contributed by atoms with E-state index < -0.39 is 0 Å². The van der Waals surface area contributed by atoms with Crippen LogP contribution in [0, 0.1) is 0 Å². The fourth-order valence-electron chi connectivity index (χ4n) is 2.64. The average molecular weight is 269 g/mol. The van der Waals surface area contributed by atoms with E-state index in [9.17, 15) is 0 Å². The van der Waals surface area contributed by atoms with Gasteiger partial charge in [0.05, 0.1) is 19.1 Å². The number of rotatable bonds is 3. The number of aliphatic imine (C=N–C) groups is 1. The van der Waals surface area contributed by atoms with E-state index in [1.165, 1.54) is 24.0 Å². The summed E-state index contributed by atoms with van der Waals surface area (Å²) in [5, 5.41) is 3.23. The van der Waals surface area contributed by atoms with Crippen LogP contribution in [-0.4, -0.2) is 5.96 Å². The summed E-state index contributed by atoms with van der Waals surface area (Å²) in [4.78, 5) is 4.33. The smallest absolute Gasteiger partial charge is 0.193 e. The molecule has 0 aliphatic heterocycles. The number of nitrogens with two attached hydrogens (primary N) is 1. The van der Waals surface area contributed by atoms with Crippen molar-refractivity contribution in [3.05, 3.63) is 53.5 Å². The lowest BCUT2D eigenvalue weighted by Gasteiger charge is -2.19. The minimum Gasteiger partial charge on any atom is -0.472 e. The van der Waals surface area contributed by atoms with E-state index >= 15 is 0 Å². The summed E-state index contributed by atoms with van der Waals surface area (Å²) in [5.74, 6) is 0.449. The minimum atomic E-state index is 0.449. The molecule has 1 aromatic heterocycles. The number of nitrogens with one attached hydrogen (secondary N) is 1. The number of nitrogens with zero attached hydrogens (tertiary/aromatic N) is 1. The molecule has 0 bridgehead atoms. The predicted molar refractivity (Wildman–Crippen MR) is 80.7 cm³/mol. The van der Waals surface area contributed by atoms with Gasteiger partial charge in [0.15, 0.2) is 5.96 Å². The van der Waals surface area contributed by atoms with E-state index in [0.29, 0.717) is 12.5 Å². The molecule has 2 aromatic rings. The van der Waals surface area contributed by atoms with Crippen LogP contribution in [0.15, 0.2) is 46.2 Å². The van der Waals surface area contributed by atoms with Crippen LogP contribution >= 0.6 is 0 Å². The number of guanidine groups is 1. The standard InChI is InChI=1S/C16H19N3O/c17-16(18-10-12-8-9-20-11-12)19-15-7-3-5-13-4-1-2-6-14(13)15/h3,5,7-9,11H,1-2,4,6,10H2,(H3,17,18,19). The summed E-state index contributed by atoms with van der Waals surface area (Å²) in [6, 6.07) is 8.25. The van der Waals surface area contributed by atoms with Crippen molar-refractivity contribution in [1.29, 1.82) is 0 Å². The van der Waals surface area contributed by atoms with Crippen molar-refractivity contribution >= 4 is 11.6 Å². The van der Waals surface area contributed by atoms with Gasteiger partial charge in [0.1, 0.15) is 0 Å². The fourth-order valence-corrected chi connectivity index (χ4v) is 2.64. The van der Waals surface area contributed by atoms with E-state index in [1.807, 2.05) is 6.07 Å². The van der Waals surface area contributed by atoms with Gasteiger partial charge < -0.3 is 15.5 Å². The van der Waals surface area contributed by atoms with Gasteiger partial charge in [-0.05, 0) is 48.9 Å². The molecule has 0 fully saturated rings. The zero-order chi connectivity index (χ0) is 13.8. The summed E-state index contributed by atoms with van der Waals surface area (Å²) >= 11 is 0. The maximum absolute atomic E-state index is 5.96. The second-order valence-corrected chi connectivity index (χ2v) is 5.11. The Morgan fingerprint density at radius 3 is 3.00 bits per heavy atom. The van der Waals surface area contributed by atoms with Gasteiger partial charge in [-0.3, -0.25) is 0 Å². The Bertz CT molecular complexity index is 602. The first-order chi connectivity index (χ1) is 9.83. The summed E-state index contributed by atoms with van der Waals surface area (Å²) in [6.07, 6.45) is 8.13. The molecule has 0 saturated carbocycles. The van der Waals surface area contributed by atoms with Gasteiger partial charge >= 0.3 is 0 Å². The third-order valence-corrected chi connectivity index (χ3v) is 3.67. The molecule has 20 heavy (non-hydrogen) atoms. The van der Waals surface area contributed by atoms with Gasteiger partial charge in [-0.1, -0.05) is 12.1 Å². The number of hydrogen-bond acceptors (Lipinski definition) is 2. The molecule has 1 aromatic carbocycles.